The van der Waals surface area contributed by atoms with Gasteiger partial charge in [-0.3, -0.25) is 14.6 Å². The Hall–Kier alpha value is -3.06. The van der Waals surface area contributed by atoms with Gasteiger partial charge in [0.15, 0.2) is 17.3 Å². The number of pyridine rings is 1. The van der Waals surface area contributed by atoms with Gasteiger partial charge in [-0.15, -0.1) is 0 Å². The van der Waals surface area contributed by atoms with Crippen molar-refractivity contribution in [3.05, 3.63) is 69.0 Å². The van der Waals surface area contributed by atoms with Crippen LogP contribution in [0.4, 0.5) is 27.8 Å². The van der Waals surface area contributed by atoms with Crippen LogP contribution in [0.15, 0.2) is 46.1 Å². The summed E-state index contributed by atoms with van der Waals surface area (Å²) in [6, 6.07) is 5.57. The van der Waals surface area contributed by atoms with E-state index in [1.54, 1.807) is 0 Å². The number of aliphatic hydroxyl groups is 1. The van der Waals surface area contributed by atoms with E-state index >= 15 is 0 Å². The predicted molar refractivity (Wildman–Crippen MR) is 116 cm³/mol. The predicted octanol–water partition coefficient (Wildman–Crippen LogP) is 4.70. The Morgan fingerprint density at radius 1 is 1.23 bits per heavy atom. The number of nitrogens with zero attached hydrogens (tertiary/aromatic N) is 3. The number of nitrogens with one attached hydrogen (secondary N) is 1. The average Bonchev–Trinajstić information content (AvgIpc) is 2.73. The maximum Gasteiger partial charge on any atom is 0.434 e. The van der Waals surface area contributed by atoms with Crippen molar-refractivity contribution in [2.75, 3.05) is 12.4 Å². The Labute approximate surface area is 204 Å². The third kappa shape index (κ3) is 4.27. The lowest BCUT2D eigenvalue weighted by Gasteiger charge is -2.54. The van der Waals surface area contributed by atoms with Crippen molar-refractivity contribution in [2.24, 2.45) is 0 Å². The molecule has 2 N–H and O–H groups in total. The molecule has 0 bridgehead atoms. The summed E-state index contributed by atoms with van der Waals surface area (Å²) in [5, 5.41) is 15.4. The topological polar surface area (TPSA) is 85.8 Å². The van der Waals surface area contributed by atoms with Gasteiger partial charge in [0, 0.05) is 17.1 Å². The fourth-order valence-electron chi connectivity index (χ4n) is 4.16. The number of benzene rings is 1. The van der Waals surface area contributed by atoms with Gasteiger partial charge in [0.1, 0.15) is 17.2 Å². The van der Waals surface area contributed by atoms with Gasteiger partial charge in [0.2, 0.25) is 0 Å². The van der Waals surface area contributed by atoms with Crippen molar-refractivity contribution in [1.82, 2.24) is 15.0 Å². The normalized spacial score (nSPS) is 18.1. The molecule has 35 heavy (non-hydrogen) atoms. The second-order valence-corrected chi connectivity index (χ2v) is 9.04. The number of hydrogen-bond acceptors (Lipinski definition) is 5. The largest absolute Gasteiger partial charge is 0.509 e. The Balaban J connectivity index is 1.70. The monoisotopic (exact) mass is 560 g/mol. The Morgan fingerprint density at radius 2 is 1.91 bits per heavy atom. The van der Waals surface area contributed by atoms with Crippen LogP contribution in [0.5, 0.6) is 0 Å². The first-order chi connectivity index (χ1) is 16.4. The van der Waals surface area contributed by atoms with Crippen LogP contribution in [0.1, 0.15) is 30.5 Å². The number of anilines is 1. The summed E-state index contributed by atoms with van der Waals surface area (Å²) >= 11 is 2.75. The van der Waals surface area contributed by atoms with Gasteiger partial charge >= 0.3 is 6.18 Å². The number of aliphatic hydroxyl groups excluding tert-OH is 1. The number of rotatable bonds is 4. The number of alkyl halides is 3. The first-order valence-corrected chi connectivity index (χ1v) is 11.1. The van der Waals surface area contributed by atoms with E-state index in [0.717, 1.165) is 23.2 Å². The second-order valence-electron chi connectivity index (χ2n) is 8.19. The molecule has 1 aliphatic heterocycles. The molecule has 0 atom stereocenters. The zero-order chi connectivity index (χ0) is 25.7. The molecule has 1 spiro atoms. The van der Waals surface area contributed by atoms with Crippen LogP contribution in [0.2, 0.25) is 0 Å². The van der Waals surface area contributed by atoms with Crippen LogP contribution < -0.4 is 5.32 Å². The zero-order valence-electron chi connectivity index (χ0n) is 18.1. The number of aromatic nitrogens is 1. The maximum atomic E-state index is 14.3. The molecular formula is C22H18BrF5N4O3. The van der Waals surface area contributed by atoms with Crippen LogP contribution >= 0.6 is 15.9 Å². The van der Waals surface area contributed by atoms with Crippen molar-refractivity contribution in [3.63, 3.8) is 0 Å². The van der Waals surface area contributed by atoms with E-state index in [2.05, 4.69) is 26.2 Å². The summed E-state index contributed by atoms with van der Waals surface area (Å²) in [7, 11) is 1.48. The lowest BCUT2D eigenvalue weighted by molar-refractivity contribution is -0.172. The Kier molecular flexibility index (Phi) is 6.34. The van der Waals surface area contributed by atoms with Crippen LogP contribution in [-0.2, 0) is 22.3 Å². The molecule has 7 nitrogen and oxygen atoms in total. The molecule has 186 valence electrons. The molecule has 1 aromatic carbocycles. The number of carbonyl (C=O) groups excluding carboxylic acids is 2. The highest BCUT2D eigenvalue weighted by molar-refractivity contribution is 9.10. The van der Waals surface area contributed by atoms with Gasteiger partial charge in [-0.2, -0.15) is 13.2 Å². The molecule has 1 aliphatic carbocycles. The first kappa shape index (κ1) is 25.0. The molecule has 13 heteroatoms. The summed E-state index contributed by atoms with van der Waals surface area (Å²) in [6.45, 7) is -0.445. The van der Waals surface area contributed by atoms with E-state index in [4.69, 9.17) is 0 Å². The quantitative estimate of drug-likeness (QED) is 0.418. The van der Waals surface area contributed by atoms with Crippen molar-refractivity contribution >= 4 is 33.6 Å². The van der Waals surface area contributed by atoms with Crippen molar-refractivity contribution in [2.45, 2.75) is 37.5 Å². The molecule has 0 unspecified atom stereocenters. The summed E-state index contributed by atoms with van der Waals surface area (Å²) < 4.78 is 67.2. The molecule has 0 radical (unpaired) electrons. The smallest absolute Gasteiger partial charge is 0.434 e. The first-order valence-electron chi connectivity index (χ1n) is 10.3. The lowest BCUT2D eigenvalue weighted by atomic mass is 9.72. The fraction of sp³-hybridized carbons (Fsp3) is 0.318. The highest BCUT2D eigenvalue weighted by Gasteiger charge is 2.54. The number of likely N-dealkylation sites (N-methyl/N-ethyl adjacent to an activating group) is 1. The molecule has 1 fully saturated rings. The third-order valence-electron chi connectivity index (χ3n) is 6.22. The van der Waals surface area contributed by atoms with Crippen LogP contribution in [-0.4, -0.2) is 44.5 Å². The van der Waals surface area contributed by atoms with Crippen LogP contribution in [0, 0.1) is 11.6 Å². The second kappa shape index (κ2) is 8.86. The van der Waals surface area contributed by atoms with Gasteiger partial charge < -0.3 is 10.4 Å². The molecule has 2 amide bonds. The number of halogens is 6. The third-order valence-corrected chi connectivity index (χ3v) is 6.86. The van der Waals surface area contributed by atoms with E-state index in [9.17, 15) is 36.6 Å². The molecule has 1 aromatic heterocycles. The molecule has 0 saturated heterocycles. The van der Waals surface area contributed by atoms with Gasteiger partial charge in [-0.25, -0.2) is 18.8 Å². The zero-order valence-corrected chi connectivity index (χ0v) is 19.7. The van der Waals surface area contributed by atoms with E-state index in [0.29, 0.717) is 19.3 Å². The summed E-state index contributed by atoms with van der Waals surface area (Å²) in [4.78, 5) is 29.7. The minimum absolute atomic E-state index is 0.162. The van der Waals surface area contributed by atoms with Gasteiger partial charge in [0.05, 0.1) is 12.1 Å². The number of hydrogen-bond donors (Lipinski definition) is 2. The summed E-state index contributed by atoms with van der Waals surface area (Å²) in [5.41, 5.74) is -3.31. The van der Waals surface area contributed by atoms with Crippen molar-refractivity contribution in [1.29, 1.82) is 0 Å². The molecule has 2 aromatic rings. The minimum Gasteiger partial charge on any atom is -0.509 e. The highest BCUT2D eigenvalue weighted by atomic mass is 79.9. The Morgan fingerprint density at radius 3 is 2.51 bits per heavy atom. The minimum atomic E-state index is -4.81. The summed E-state index contributed by atoms with van der Waals surface area (Å²) in [6.07, 6.45) is -3.44. The number of amides is 2. The number of hydrazine groups is 1. The van der Waals surface area contributed by atoms with Crippen LogP contribution in [0.25, 0.3) is 0 Å². The highest BCUT2D eigenvalue weighted by Crippen LogP contribution is 2.47. The number of carbonyl (C=O) groups is 2. The SMILES string of the molecule is CN1N(Cc2cccc(F)c2F)C(=O)C(C(=O)Nc2ccc(Br)c(C(F)(F)F)n2)=C(O)C12CCC2. The Bertz CT molecular complexity index is 1250. The van der Waals surface area contributed by atoms with Crippen molar-refractivity contribution in [3.8, 4) is 0 Å². The fourth-order valence-corrected chi connectivity index (χ4v) is 4.61. The molecule has 2 aliphatic rings. The van der Waals surface area contributed by atoms with Crippen molar-refractivity contribution < 1.29 is 36.6 Å². The standard InChI is InChI=1S/C22H18BrF5N4O3/c1-31-21(8-3-9-21)18(33)15(20(35)32(31)10-11-4-2-5-13(24)16(11)25)19(34)30-14-7-6-12(23)17(29-14)22(26,27)28/h2,4-7,33H,3,8-10H2,1H3,(H,29,30,34). The molecule has 4 rings (SSSR count). The molecular weight excluding hydrogens is 543 g/mol. The van der Waals surface area contributed by atoms with Gasteiger partial charge in [-0.05, 0) is 53.4 Å². The average molecular weight is 561 g/mol. The van der Waals surface area contributed by atoms with Gasteiger partial charge in [-0.1, -0.05) is 12.1 Å². The molecule has 1 saturated carbocycles. The van der Waals surface area contributed by atoms with Gasteiger partial charge in [0.25, 0.3) is 11.8 Å². The van der Waals surface area contributed by atoms with E-state index in [1.165, 1.54) is 24.2 Å². The maximum absolute atomic E-state index is 14.3. The van der Waals surface area contributed by atoms with E-state index in [1.807, 2.05) is 0 Å². The lowest BCUT2D eigenvalue weighted by Crippen LogP contribution is -2.65. The van der Waals surface area contributed by atoms with E-state index in [-0.39, 0.29) is 10.0 Å². The van der Waals surface area contributed by atoms with E-state index < -0.39 is 64.6 Å². The van der Waals surface area contributed by atoms with Crippen LogP contribution in [0.3, 0.4) is 0 Å². The molecule has 2 heterocycles. The summed E-state index contributed by atoms with van der Waals surface area (Å²) in [5.74, 6) is -5.54.